The van der Waals surface area contributed by atoms with Gasteiger partial charge in [0, 0.05) is 5.56 Å². The first-order valence-corrected chi connectivity index (χ1v) is 6.21. The molecule has 0 bridgehead atoms. The number of hydrogen-bond donors (Lipinski definition) is 1. The van der Waals surface area contributed by atoms with E-state index in [9.17, 15) is 5.11 Å². The lowest BCUT2D eigenvalue weighted by atomic mass is 9.86. The zero-order valence-electron chi connectivity index (χ0n) is 11.4. The van der Waals surface area contributed by atoms with Crippen LogP contribution in [0.1, 0.15) is 49.3 Å². The molecule has 1 aromatic carbocycles. The van der Waals surface area contributed by atoms with Crippen molar-refractivity contribution in [2.75, 3.05) is 0 Å². The van der Waals surface area contributed by atoms with Crippen molar-refractivity contribution in [1.29, 1.82) is 0 Å². The Morgan fingerprint density at radius 3 is 2.11 bits per heavy atom. The van der Waals surface area contributed by atoms with Crippen LogP contribution in [0.25, 0.3) is 0 Å². The highest BCUT2D eigenvalue weighted by molar-refractivity contribution is 5.33. The van der Waals surface area contributed by atoms with Crippen LogP contribution in [-0.2, 0) is 5.41 Å². The van der Waals surface area contributed by atoms with Crippen molar-refractivity contribution in [2.24, 2.45) is 0 Å². The molecule has 1 N–H and O–H groups in total. The molecule has 0 fully saturated rings. The van der Waals surface area contributed by atoms with Gasteiger partial charge in [-0.2, -0.15) is 0 Å². The van der Waals surface area contributed by atoms with Crippen LogP contribution in [0.2, 0.25) is 0 Å². The largest absolute Gasteiger partial charge is 0.469 e. The molecule has 1 heterocycles. The van der Waals surface area contributed by atoms with Crippen LogP contribution in [0, 0.1) is 6.92 Å². The second kappa shape index (κ2) is 4.62. The zero-order valence-corrected chi connectivity index (χ0v) is 11.4. The van der Waals surface area contributed by atoms with Gasteiger partial charge in [-0.15, -0.1) is 0 Å². The van der Waals surface area contributed by atoms with Gasteiger partial charge in [0.25, 0.3) is 0 Å². The summed E-state index contributed by atoms with van der Waals surface area (Å²) in [4.78, 5) is 0. The Morgan fingerprint density at radius 2 is 1.67 bits per heavy atom. The van der Waals surface area contributed by atoms with Gasteiger partial charge < -0.3 is 9.52 Å². The predicted molar refractivity (Wildman–Crippen MR) is 72.6 cm³/mol. The van der Waals surface area contributed by atoms with Gasteiger partial charge in [-0.05, 0) is 29.5 Å². The fourth-order valence-electron chi connectivity index (χ4n) is 1.96. The molecule has 2 heteroatoms. The molecular weight excluding hydrogens is 224 g/mol. The summed E-state index contributed by atoms with van der Waals surface area (Å²) < 4.78 is 5.23. The molecule has 1 atom stereocenters. The van der Waals surface area contributed by atoms with Crippen molar-refractivity contribution in [3.05, 3.63) is 59.0 Å². The second-order valence-corrected chi connectivity index (χ2v) is 5.77. The summed E-state index contributed by atoms with van der Waals surface area (Å²) in [6.07, 6.45) is 0.994. The normalized spacial score (nSPS) is 13.6. The third-order valence-electron chi connectivity index (χ3n) is 3.16. The summed E-state index contributed by atoms with van der Waals surface area (Å²) in [7, 11) is 0. The van der Waals surface area contributed by atoms with Crippen LogP contribution < -0.4 is 0 Å². The number of hydrogen-bond acceptors (Lipinski definition) is 2. The monoisotopic (exact) mass is 244 g/mol. The van der Waals surface area contributed by atoms with Crippen LogP contribution in [0.4, 0.5) is 0 Å². The van der Waals surface area contributed by atoms with E-state index in [4.69, 9.17) is 4.42 Å². The van der Waals surface area contributed by atoms with Gasteiger partial charge in [0.2, 0.25) is 0 Å². The molecule has 0 spiro atoms. The Bertz CT molecular complexity index is 515. The molecule has 2 aromatic rings. The summed E-state index contributed by atoms with van der Waals surface area (Å²) in [5, 5.41) is 10.2. The maximum atomic E-state index is 10.2. The third-order valence-corrected chi connectivity index (χ3v) is 3.16. The minimum Gasteiger partial charge on any atom is -0.469 e. The van der Waals surface area contributed by atoms with Crippen LogP contribution in [0.5, 0.6) is 0 Å². The number of aliphatic hydroxyl groups is 1. The highest BCUT2D eigenvalue weighted by atomic mass is 16.3. The summed E-state index contributed by atoms with van der Waals surface area (Å²) in [5.74, 6) is 0.815. The number of furan rings is 1. The Hall–Kier alpha value is -1.54. The predicted octanol–water partition coefficient (Wildman–Crippen LogP) is 3.97. The Balaban J connectivity index is 2.24. The van der Waals surface area contributed by atoms with E-state index in [1.54, 1.807) is 6.26 Å². The van der Waals surface area contributed by atoms with Gasteiger partial charge in [-0.3, -0.25) is 0 Å². The molecule has 0 saturated carbocycles. The van der Waals surface area contributed by atoms with Gasteiger partial charge in [0.15, 0.2) is 0 Å². The van der Waals surface area contributed by atoms with Gasteiger partial charge in [-0.25, -0.2) is 0 Å². The first-order chi connectivity index (χ1) is 8.38. The average Bonchev–Trinajstić information content (AvgIpc) is 2.74. The van der Waals surface area contributed by atoms with E-state index >= 15 is 0 Å². The maximum absolute atomic E-state index is 10.2. The molecule has 0 radical (unpaired) electrons. The van der Waals surface area contributed by atoms with E-state index in [0.29, 0.717) is 0 Å². The first kappa shape index (κ1) is 12.9. The summed E-state index contributed by atoms with van der Waals surface area (Å²) in [5.41, 5.74) is 3.09. The summed E-state index contributed by atoms with van der Waals surface area (Å²) >= 11 is 0. The fourth-order valence-corrected chi connectivity index (χ4v) is 1.96. The van der Waals surface area contributed by atoms with E-state index in [1.807, 2.05) is 25.1 Å². The van der Waals surface area contributed by atoms with Crippen LogP contribution >= 0.6 is 0 Å². The number of aryl methyl sites for hydroxylation is 1. The van der Waals surface area contributed by atoms with Crippen molar-refractivity contribution in [3.8, 4) is 0 Å². The average molecular weight is 244 g/mol. The minimum absolute atomic E-state index is 0.135. The van der Waals surface area contributed by atoms with Crippen molar-refractivity contribution >= 4 is 0 Å². The minimum atomic E-state index is -0.614. The molecule has 2 nitrogen and oxygen atoms in total. The molecule has 0 aliphatic carbocycles. The Kier molecular flexibility index (Phi) is 3.31. The molecule has 0 saturated heterocycles. The van der Waals surface area contributed by atoms with Crippen molar-refractivity contribution in [3.63, 3.8) is 0 Å². The molecule has 18 heavy (non-hydrogen) atoms. The van der Waals surface area contributed by atoms with Crippen LogP contribution in [0.3, 0.4) is 0 Å². The van der Waals surface area contributed by atoms with Gasteiger partial charge >= 0.3 is 0 Å². The van der Waals surface area contributed by atoms with E-state index < -0.39 is 6.10 Å². The molecule has 0 aliphatic rings. The second-order valence-electron chi connectivity index (χ2n) is 5.77. The smallest absolute Gasteiger partial charge is 0.107 e. The molecular formula is C16H20O2. The summed E-state index contributed by atoms with van der Waals surface area (Å²) in [6.45, 7) is 8.41. The molecule has 1 aromatic heterocycles. The van der Waals surface area contributed by atoms with E-state index in [2.05, 4.69) is 32.9 Å². The highest BCUT2D eigenvalue weighted by Crippen LogP contribution is 2.27. The topological polar surface area (TPSA) is 33.4 Å². The maximum Gasteiger partial charge on any atom is 0.107 e. The highest BCUT2D eigenvalue weighted by Gasteiger charge is 2.16. The van der Waals surface area contributed by atoms with Gasteiger partial charge in [0.1, 0.15) is 11.9 Å². The van der Waals surface area contributed by atoms with Crippen molar-refractivity contribution < 1.29 is 9.52 Å². The summed E-state index contributed by atoms with van der Waals surface area (Å²) in [6, 6.07) is 9.97. The van der Waals surface area contributed by atoms with Crippen LogP contribution in [-0.4, -0.2) is 5.11 Å². The molecule has 96 valence electrons. The van der Waals surface area contributed by atoms with Crippen molar-refractivity contribution in [1.82, 2.24) is 0 Å². The third kappa shape index (κ3) is 2.65. The first-order valence-electron chi connectivity index (χ1n) is 6.21. The lowest BCUT2D eigenvalue weighted by Gasteiger charge is -2.19. The Morgan fingerprint density at radius 1 is 1.06 bits per heavy atom. The Labute approximate surface area is 108 Å². The number of benzene rings is 1. The SMILES string of the molecule is Cc1cc(C(O)c2ccc(C(C)(C)C)cc2)co1. The standard InChI is InChI=1S/C16H20O2/c1-11-9-13(10-18-11)15(17)12-5-7-14(8-6-12)16(2,3)4/h5-10,15,17H,1-4H3. The quantitative estimate of drug-likeness (QED) is 0.867. The number of rotatable bonds is 2. The van der Waals surface area contributed by atoms with E-state index in [0.717, 1.165) is 16.9 Å². The van der Waals surface area contributed by atoms with E-state index in [1.165, 1.54) is 5.56 Å². The number of aliphatic hydroxyl groups excluding tert-OH is 1. The van der Waals surface area contributed by atoms with Gasteiger partial charge in [-0.1, -0.05) is 45.0 Å². The van der Waals surface area contributed by atoms with Gasteiger partial charge in [0.05, 0.1) is 6.26 Å². The fraction of sp³-hybridized carbons (Fsp3) is 0.375. The lowest BCUT2D eigenvalue weighted by Crippen LogP contribution is -2.11. The van der Waals surface area contributed by atoms with Crippen molar-refractivity contribution in [2.45, 2.75) is 39.2 Å². The zero-order chi connectivity index (χ0) is 13.3. The molecule has 1 unspecified atom stereocenters. The lowest BCUT2D eigenvalue weighted by molar-refractivity contribution is 0.219. The molecule has 2 rings (SSSR count). The molecule has 0 aliphatic heterocycles. The van der Waals surface area contributed by atoms with E-state index in [-0.39, 0.29) is 5.41 Å². The van der Waals surface area contributed by atoms with Crippen LogP contribution in [0.15, 0.2) is 41.0 Å². The molecule has 0 amide bonds.